The first-order valence-corrected chi connectivity index (χ1v) is 10.8. The summed E-state index contributed by atoms with van der Waals surface area (Å²) in [6, 6.07) is 5.86. The van der Waals surface area contributed by atoms with E-state index in [1.54, 1.807) is 13.0 Å². The third-order valence-corrected chi connectivity index (χ3v) is 7.92. The van der Waals surface area contributed by atoms with Crippen LogP contribution in [0.25, 0.3) is 0 Å². The van der Waals surface area contributed by atoms with Crippen molar-refractivity contribution in [3.8, 4) is 0 Å². The summed E-state index contributed by atoms with van der Waals surface area (Å²) >= 11 is 1.23. The molecule has 158 valence electrons. The molecule has 2 aliphatic rings. The highest BCUT2D eigenvalue weighted by molar-refractivity contribution is 7.17. The number of nitrogens with zero attached hydrogens (tertiary/aromatic N) is 3. The van der Waals surface area contributed by atoms with Crippen LogP contribution in [0.2, 0.25) is 0 Å². The molecule has 0 spiro atoms. The maximum atomic E-state index is 12.6. The number of benzene rings is 1. The number of carbonyl (C=O) groups excluding carboxylic acids is 1. The second-order valence-corrected chi connectivity index (χ2v) is 9.76. The monoisotopic (exact) mass is 427 g/mol. The predicted molar refractivity (Wildman–Crippen MR) is 118 cm³/mol. The molecule has 1 aromatic heterocycles. The number of hydrazone groups is 1. The van der Waals surface area contributed by atoms with E-state index in [0.29, 0.717) is 44.6 Å². The number of carbonyl (C=O) groups is 1. The summed E-state index contributed by atoms with van der Waals surface area (Å²) < 4.78 is 0. The van der Waals surface area contributed by atoms with Crippen LogP contribution in [0.4, 0.5) is 16.5 Å². The average Bonchev–Trinajstić information content (AvgIpc) is 3.34. The Hall–Kier alpha value is -2.81. The third-order valence-electron chi connectivity index (χ3n) is 6.86. The topological polar surface area (TPSA) is 110 Å². The number of amides is 1. The Morgan fingerprint density at radius 1 is 1.40 bits per heavy atom. The van der Waals surface area contributed by atoms with Crippen molar-refractivity contribution >= 4 is 39.5 Å². The molecule has 2 fully saturated rings. The highest BCUT2D eigenvalue weighted by atomic mass is 32.1. The Labute approximate surface area is 178 Å². The Kier molecular flexibility index (Phi) is 5.09. The van der Waals surface area contributed by atoms with Crippen molar-refractivity contribution < 1.29 is 9.72 Å². The maximum Gasteiger partial charge on any atom is 0.271 e. The molecule has 2 aliphatic carbocycles. The van der Waals surface area contributed by atoms with E-state index in [-0.39, 0.29) is 11.6 Å². The Morgan fingerprint density at radius 3 is 2.83 bits per heavy atom. The van der Waals surface area contributed by atoms with Gasteiger partial charge in [0.25, 0.3) is 11.6 Å². The number of non-ortho nitro benzene ring substituents is 1. The van der Waals surface area contributed by atoms with E-state index in [9.17, 15) is 14.9 Å². The van der Waals surface area contributed by atoms with Gasteiger partial charge in [0.1, 0.15) is 4.88 Å². The van der Waals surface area contributed by atoms with Gasteiger partial charge in [-0.1, -0.05) is 38.2 Å². The lowest BCUT2D eigenvalue weighted by Gasteiger charge is -2.36. The van der Waals surface area contributed by atoms with Gasteiger partial charge in [-0.2, -0.15) is 5.10 Å². The first-order chi connectivity index (χ1) is 14.2. The van der Waals surface area contributed by atoms with Crippen molar-refractivity contribution in [3.63, 3.8) is 0 Å². The van der Waals surface area contributed by atoms with E-state index in [0.717, 1.165) is 6.42 Å². The van der Waals surface area contributed by atoms with E-state index in [2.05, 4.69) is 41.6 Å². The smallest absolute Gasteiger partial charge is 0.271 e. The largest absolute Gasteiger partial charge is 0.321 e. The highest BCUT2D eigenvalue weighted by Gasteiger charge is 2.53. The number of nitro groups is 1. The van der Waals surface area contributed by atoms with Gasteiger partial charge in [-0.05, 0) is 43.1 Å². The summed E-state index contributed by atoms with van der Waals surface area (Å²) in [6.45, 7) is 8.77. The normalized spacial score (nSPS) is 25.5. The lowest BCUT2D eigenvalue weighted by Crippen LogP contribution is -2.33. The fourth-order valence-corrected chi connectivity index (χ4v) is 5.47. The van der Waals surface area contributed by atoms with Gasteiger partial charge in [-0.3, -0.25) is 20.3 Å². The average molecular weight is 428 g/mol. The summed E-state index contributed by atoms with van der Waals surface area (Å²) in [4.78, 5) is 27.9. The molecule has 2 aromatic rings. The molecule has 1 heterocycles. The van der Waals surface area contributed by atoms with Gasteiger partial charge in [0.05, 0.1) is 10.6 Å². The van der Waals surface area contributed by atoms with Gasteiger partial charge in [0.2, 0.25) is 5.13 Å². The number of aryl methyl sites for hydroxylation is 1. The number of fused-ring (bicyclic) bond motifs is 2. The number of aromatic nitrogens is 1. The molecule has 0 saturated heterocycles. The van der Waals surface area contributed by atoms with Crippen molar-refractivity contribution in [2.45, 2.75) is 40.5 Å². The van der Waals surface area contributed by atoms with Gasteiger partial charge in [-0.15, -0.1) is 0 Å². The second kappa shape index (κ2) is 7.46. The third kappa shape index (κ3) is 3.58. The molecule has 2 bridgehead atoms. The zero-order valence-electron chi connectivity index (χ0n) is 17.4. The minimum absolute atomic E-state index is 0.0738. The molecule has 9 heteroatoms. The number of nitrogens with one attached hydrogen (secondary N) is 2. The van der Waals surface area contributed by atoms with E-state index in [4.69, 9.17) is 0 Å². The molecule has 0 radical (unpaired) electrons. The van der Waals surface area contributed by atoms with Crippen molar-refractivity contribution in [2.24, 2.45) is 28.3 Å². The zero-order chi connectivity index (χ0) is 21.6. The molecule has 1 aromatic carbocycles. The second-order valence-electron chi connectivity index (χ2n) is 8.76. The van der Waals surface area contributed by atoms with Gasteiger partial charge in [-0.25, -0.2) is 4.98 Å². The SMILES string of the molecule is Cc1nc(N/N=C2\C[C@H]3C[C@H]2[C@H](C)C3(C)C)sc1C(=O)Nc1cccc([N+](=O)[O-])c1. The number of nitro benzene ring substituents is 1. The fourth-order valence-electron chi connectivity index (χ4n) is 4.67. The van der Waals surface area contributed by atoms with Crippen molar-refractivity contribution in [1.82, 2.24) is 4.98 Å². The molecule has 3 atom stereocenters. The molecule has 30 heavy (non-hydrogen) atoms. The molecule has 2 N–H and O–H groups in total. The number of rotatable bonds is 5. The summed E-state index contributed by atoms with van der Waals surface area (Å²) in [6.07, 6.45) is 2.21. The van der Waals surface area contributed by atoms with Crippen LogP contribution < -0.4 is 10.7 Å². The maximum absolute atomic E-state index is 12.6. The zero-order valence-corrected chi connectivity index (χ0v) is 18.2. The molecule has 8 nitrogen and oxygen atoms in total. The summed E-state index contributed by atoms with van der Waals surface area (Å²) in [5.41, 5.74) is 5.49. The van der Waals surface area contributed by atoms with Crippen molar-refractivity contribution in [3.05, 3.63) is 45.0 Å². The van der Waals surface area contributed by atoms with Crippen molar-refractivity contribution in [2.75, 3.05) is 10.7 Å². The summed E-state index contributed by atoms with van der Waals surface area (Å²) in [5, 5.41) is 18.8. The number of thiazole rings is 1. The highest BCUT2D eigenvalue weighted by Crippen LogP contribution is 2.57. The van der Waals surface area contributed by atoms with Crippen LogP contribution in [0.15, 0.2) is 29.4 Å². The van der Waals surface area contributed by atoms with Crippen LogP contribution in [0.5, 0.6) is 0 Å². The quantitative estimate of drug-likeness (QED) is 0.511. The first kappa shape index (κ1) is 20.5. The lowest BCUT2D eigenvalue weighted by atomic mass is 9.69. The summed E-state index contributed by atoms with van der Waals surface area (Å²) in [7, 11) is 0. The van der Waals surface area contributed by atoms with Crippen LogP contribution in [0.1, 0.15) is 49.0 Å². The van der Waals surface area contributed by atoms with Crippen LogP contribution >= 0.6 is 11.3 Å². The van der Waals surface area contributed by atoms with Crippen LogP contribution in [0, 0.1) is 40.2 Å². The van der Waals surface area contributed by atoms with Crippen molar-refractivity contribution in [1.29, 1.82) is 0 Å². The minimum Gasteiger partial charge on any atom is -0.321 e. The Balaban J connectivity index is 1.44. The van der Waals surface area contributed by atoms with Gasteiger partial charge in [0, 0.05) is 29.4 Å². The van der Waals surface area contributed by atoms with E-state index in [1.165, 1.54) is 41.7 Å². The first-order valence-electron chi connectivity index (χ1n) is 10.0. The molecule has 2 saturated carbocycles. The fraction of sp³-hybridized carbons (Fsp3) is 0.476. The van der Waals surface area contributed by atoms with Gasteiger partial charge < -0.3 is 5.32 Å². The van der Waals surface area contributed by atoms with Crippen LogP contribution in [0.3, 0.4) is 0 Å². The van der Waals surface area contributed by atoms with Crippen LogP contribution in [-0.4, -0.2) is 21.5 Å². The lowest BCUT2D eigenvalue weighted by molar-refractivity contribution is -0.384. The predicted octanol–water partition coefficient (Wildman–Crippen LogP) is 5.08. The summed E-state index contributed by atoms with van der Waals surface area (Å²) in [5.74, 6) is 1.44. The molecular formula is C21H25N5O3S. The molecule has 0 aliphatic heterocycles. The van der Waals surface area contributed by atoms with Gasteiger partial charge >= 0.3 is 0 Å². The minimum atomic E-state index is -0.494. The van der Waals surface area contributed by atoms with E-state index >= 15 is 0 Å². The number of hydrogen-bond donors (Lipinski definition) is 2. The molecular weight excluding hydrogens is 402 g/mol. The molecule has 1 amide bonds. The van der Waals surface area contributed by atoms with E-state index < -0.39 is 4.92 Å². The number of hydrogen-bond acceptors (Lipinski definition) is 7. The van der Waals surface area contributed by atoms with Crippen LogP contribution in [-0.2, 0) is 0 Å². The van der Waals surface area contributed by atoms with E-state index in [1.807, 2.05) is 0 Å². The number of anilines is 2. The Bertz CT molecular complexity index is 1040. The molecule has 4 rings (SSSR count). The standard InChI is InChI=1S/C21H25N5O3S/c1-11-16-8-13(21(11,3)4)9-17(16)24-25-20-22-12(2)18(30-20)19(27)23-14-6-5-7-15(10-14)26(28)29/h5-7,10-11,13,16H,8-9H2,1-4H3,(H,22,25)(H,23,27)/b24-17+/t11-,13+,16-/m0/s1. The molecule has 0 unspecified atom stereocenters. The van der Waals surface area contributed by atoms with Gasteiger partial charge in [0.15, 0.2) is 0 Å². The Morgan fingerprint density at radius 2 is 2.17 bits per heavy atom.